The van der Waals surface area contributed by atoms with Crippen LogP contribution >= 0.6 is 24.8 Å². The van der Waals surface area contributed by atoms with Crippen LogP contribution in [0, 0.1) is 0 Å². The van der Waals surface area contributed by atoms with Gasteiger partial charge in [0, 0.05) is 10.6 Å². The number of hydrogen-bond donors (Lipinski definition) is 3. The van der Waals surface area contributed by atoms with Gasteiger partial charge in [0.15, 0.2) is 5.11 Å². The average Bonchev–Trinajstić information content (AvgIpc) is 1.85. The molecule has 0 spiro atoms. The largest absolute Gasteiger partial charge is 0.376 e. The minimum atomic E-state index is 0.268. The van der Waals surface area contributed by atoms with Gasteiger partial charge in [0.2, 0.25) is 0 Å². The van der Waals surface area contributed by atoms with E-state index in [4.69, 9.17) is 5.73 Å². The van der Waals surface area contributed by atoms with E-state index < -0.39 is 0 Å². The summed E-state index contributed by atoms with van der Waals surface area (Å²) in [5, 5.41) is 3.07. The van der Waals surface area contributed by atoms with Crippen molar-refractivity contribution < 1.29 is 0 Å². The fraction of sp³-hybridized carbons (Fsp3) is 0. The normalized spacial score (nSPS) is 9.18. The molecule has 0 heterocycles. The monoisotopic (exact) mass is 184 g/mol. The third kappa shape index (κ3) is 2.78. The summed E-state index contributed by atoms with van der Waals surface area (Å²) in [4.78, 5) is 0.881. The van der Waals surface area contributed by atoms with Crippen LogP contribution in [0.25, 0.3) is 0 Å². The fourth-order valence-electron chi connectivity index (χ4n) is 0.726. The summed E-state index contributed by atoms with van der Waals surface area (Å²) in [6, 6.07) is 7.48. The molecule has 0 bridgehead atoms. The van der Waals surface area contributed by atoms with Crippen LogP contribution in [0.2, 0.25) is 0 Å². The van der Waals surface area contributed by atoms with E-state index in [2.05, 4.69) is 30.2 Å². The molecule has 0 unspecified atom stereocenters. The number of hydrogen-bond acceptors (Lipinski definition) is 2. The molecule has 1 aromatic rings. The van der Waals surface area contributed by atoms with Gasteiger partial charge in [-0.1, -0.05) is 6.07 Å². The summed E-state index contributed by atoms with van der Waals surface area (Å²) < 4.78 is 0. The highest BCUT2D eigenvalue weighted by molar-refractivity contribution is 7.80. The van der Waals surface area contributed by atoms with Gasteiger partial charge in [-0.25, -0.2) is 0 Å². The van der Waals surface area contributed by atoms with Gasteiger partial charge in [0.05, 0.1) is 0 Å². The summed E-state index contributed by atoms with van der Waals surface area (Å²) in [6.07, 6.45) is 0. The molecule has 0 aliphatic heterocycles. The van der Waals surface area contributed by atoms with Gasteiger partial charge in [-0.3, -0.25) is 0 Å². The van der Waals surface area contributed by atoms with Crippen LogP contribution in [0.3, 0.4) is 0 Å². The van der Waals surface area contributed by atoms with Crippen molar-refractivity contribution >= 4 is 35.6 Å². The van der Waals surface area contributed by atoms with Gasteiger partial charge >= 0.3 is 0 Å². The number of benzene rings is 1. The van der Waals surface area contributed by atoms with Crippen molar-refractivity contribution in [3.63, 3.8) is 0 Å². The maximum atomic E-state index is 5.27. The van der Waals surface area contributed by atoms with Gasteiger partial charge in [-0.15, -0.1) is 12.6 Å². The van der Waals surface area contributed by atoms with E-state index in [0.29, 0.717) is 0 Å². The number of nitrogens with one attached hydrogen (secondary N) is 1. The molecule has 11 heavy (non-hydrogen) atoms. The lowest BCUT2D eigenvalue weighted by Gasteiger charge is -2.02. The number of anilines is 1. The maximum absolute atomic E-state index is 5.27. The molecule has 0 saturated carbocycles. The van der Waals surface area contributed by atoms with Crippen molar-refractivity contribution in [3.05, 3.63) is 24.3 Å². The molecule has 1 rings (SSSR count). The highest BCUT2D eigenvalue weighted by Crippen LogP contribution is 2.12. The molecule has 0 fully saturated rings. The van der Waals surface area contributed by atoms with Crippen molar-refractivity contribution in [3.8, 4) is 0 Å². The number of thiocarbonyl (C=S) groups is 1. The van der Waals surface area contributed by atoms with Crippen LogP contribution in [-0.2, 0) is 0 Å². The minimum Gasteiger partial charge on any atom is -0.376 e. The van der Waals surface area contributed by atoms with Crippen molar-refractivity contribution in [2.24, 2.45) is 5.73 Å². The number of nitrogens with two attached hydrogens (primary N) is 1. The highest BCUT2D eigenvalue weighted by Gasteiger charge is 1.91. The maximum Gasteiger partial charge on any atom is 0.168 e. The second kappa shape index (κ2) is 3.59. The topological polar surface area (TPSA) is 38.0 Å². The van der Waals surface area contributed by atoms with Crippen LogP contribution in [0.4, 0.5) is 5.69 Å². The first-order chi connectivity index (χ1) is 5.18. The molecule has 0 radical (unpaired) electrons. The smallest absolute Gasteiger partial charge is 0.168 e. The average molecular weight is 184 g/mol. The van der Waals surface area contributed by atoms with Crippen LogP contribution < -0.4 is 11.1 Å². The molecule has 4 heteroatoms. The van der Waals surface area contributed by atoms with Crippen LogP contribution in [-0.4, -0.2) is 5.11 Å². The van der Waals surface area contributed by atoms with Gasteiger partial charge in [-0.05, 0) is 30.4 Å². The summed E-state index contributed by atoms with van der Waals surface area (Å²) in [5.74, 6) is 0. The first-order valence-electron chi connectivity index (χ1n) is 3.04. The minimum absolute atomic E-state index is 0.268. The molecular formula is C7H8N2S2. The second-order valence-electron chi connectivity index (χ2n) is 2.04. The van der Waals surface area contributed by atoms with Gasteiger partial charge < -0.3 is 11.1 Å². The third-order valence-electron chi connectivity index (χ3n) is 1.11. The SMILES string of the molecule is NC(=S)Nc1cccc(S)c1. The lowest BCUT2D eigenvalue weighted by molar-refractivity contribution is 1.46. The van der Waals surface area contributed by atoms with E-state index in [-0.39, 0.29) is 5.11 Å². The summed E-state index contributed by atoms with van der Waals surface area (Å²) in [6.45, 7) is 0. The van der Waals surface area contributed by atoms with E-state index in [1.54, 1.807) is 0 Å². The Morgan fingerprint density at radius 2 is 2.27 bits per heavy atom. The summed E-state index contributed by atoms with van der Waals surface area (Å²) in [5.41, 5.74) is 6.14. The van der Waals surface area contributed by atoms with Crippen molar-refractivity contribution in [1.29, 1.82) is 0 Å². The van der Waals surface area contributed by atoms with E-state index in [0.717, 1.165) is 10.6 Å². The molecule has 58 valence electrons. The zero-order valence-electron chi connectivity index (χ0n) is 5.74. The Morgan fingerprint density at radius 3 is 2.82 bits per heavy atom. The summed E-state index contributed by atoms with van der Waals surface area (Å²) >= 11 is 8.81. The Morgan fingerprint density at radius 1 is 1.55 bits per heavy atom. The third-order valence-corrected chi connectivity index (χ3v) is 1.49. The molecule has 0 atom stereocenters. The van der Waals surface area contributed by atoms with Crippen LogP contribution in [0.5, 0.6) is 0 Å². The zero-order chi connectivity index (χ0) is 8.27. The molecule has 0 aliphatic carbocycles. The first kappa shape index (κ1) is 8.36. The lowest BCUT2D eigenvalue weighted by Crippen LogP contribution is -2.18. The van der Waals surface area contributed by atoms with E-state index >= 15 is 0 Å². The Kier molecular flexibility index (Phi) is 2.73. The first-order valence-corrected chi connectivity index (χ1v) is 3.89. The summed E-state index contributed by atoms with van der Waals surface area (Å²) in [7, 11) is 0. The molecular weight excluding hydrogens is 176 g/mol. The molecule has 0 amide bonds. The van der Waals surface area contributed by atoms with Gasteiger partial charge in [0.25, 0.3) is 0 Å². The van der Waals surface area contributed by atoms with Crippen molar-refractivity contribution in [1.82, 2.24) is 0 Å². The second-order valence-corrected chi connectivity index (χ2v) is 3.00. The molecule has 2 nitrogen and oxygen atoms in total. The molecule has 0 aliphatic rings. The molecule has 3 N–H and O–H groups in total. The van der Waals surface area contributed by atoms with Crippen molar-refractivity contribution in [2.45, 2.75) is 4.90 Å². The standard InChI is InChI=1S/C7H8N2S2/c8-7(11)9-5-2-1-3-6(10)4-5/h1-4,10H,(H3,8,9,11). The Labute approximate surface area is 76.2 Å². The van der Waals surface area contributed by atoms with Gasteiger partial charge in [0.1, 0.15) is 0 Å². The van der Waals surface area contributed by atoms with E-state index in [1.165, 1.54) is 0 Å². The lowest BCUT2D eigenvalue weighted by atomic mass is 10.3. The molecule has 0 aromatic heterocycles. The number of rotatable bonds is 1. The Balaban J connectivity index is 2.79. The van der Waals surface area contributed by atoms with E-state index in [9.17, 15) is 0 Å². The Bertz CT molecular complexity index is 273. The molecule has 0 saturated heterocycles. The van der Waals surface area contributed by atoms with Crippen molar-refractivity contribution in [2.75, 3.05) is 5.32 Å². The zero-order valence-corrected chi connectivity index (χ0v) is 7.45. The predicted molar refractivity (Wildman–Crippen MR) is 54.1 cm³/mol. The predicted octanol–water partition coefficient (Wildman–Crippen LogP) is 1.63. The van der Waals surface area contributed by atoms with Crippen LogP contribution in [0.1, 0.15) is 0 Å². The Hall–Kier alpha value is -0.740. The van der Waals surface area contributed by atoms with E-state index in [1.807, 2.05) is 24.3 Å². The highest BCUT2D eigenvalue weighted by atomic mass is 32.1. The quantitative estimate of drug-likeness (QED) is 0.459. The number of thiol groups is 1. The van der Waals surface area contributed by atoms with Crippen LogP contribution in [0.15, 0.2) is 29.2 Å². The fourth-order valence-corrected chi connectivity index (χ4v) is 1.07. The van der Waals surface area contributed by atoms with Gasteiger partial charge in [-0.2, -0.15) is 0 Å². The molecule has 1 aromatic carbocycles.